The Hall–Kier alpha value is -2.45. The van der Waals surface area contributed by atoms with Gasteiger partial charge in [0, 0.05) is 5.92 Å². The third-order valence-electron chi connectivity index (χ3n) is 6.36. The fourth-order valence-corrected chi connectivity index (χ4v) is 3.78. The lowest BCUT2D eigenvalue weighted by Gasteiger charge is -2.26. The molecular weight excluding hydrogens is 454 g/mol. The summed E-state index contributed by atoms with van der Waals surface area (Å²) in [5, 5.41) is 0. The zero-order valence-corrected chi connectivity index (χ0v) is 22.1. The van der Waals surface area contributed by atoms with Gasteiger partial charge in [-0.3, -0.25) is 24.0 Å². The molecule has 202 valence electrons. The Bertz CT molecular complexity index is 678. The zero-order chi connectivity index (χ0) is 26.9. The largest absolute Gasteiger partial charge is 0.462 e. The minimum Gasteiger partial charge on any atom is -0.462 e. The molecule has 9 heteroatoms. The molecule has 0 bridgehead atoms. The highest BCUT2D eigenvalue weighted by atomic mass is 16.6. The molecule has 0 aromatic heterocycles. The number of ether oxygens (including phenoxy) is 3. The number of esters is 3. The second-order valence-corrected chi connectivity index (χ2v) is 9.58. The Labute approximate surface area is 209 Å². The van der Waals surface area contributed by atoms with Crippen molar-refractivity contribution in [3.63, 3.8) is 0 Å². The second-order valence-electron chi connectivity index (χ2n) is 9.58. The molecule has 0 aliphatic rings. The maximum atomic E-state index is 12.8. The van der Waals surface area contributed by atoms with Gasteiger partial charge >= 0.3 is 17.9 Å². The summed E-state index contributed by atoms with van der Waals surface area (Å²) >= 11 is 0. The van der Waals surface area contributed by atoms with Crippen molar-refractivity contribution in [1.82, 2.24) is 0 Å². The Balaban J connectivity index is 5.00. The summed E-state index contributed by atoms with van der Waals surface area (Å²) in [6.07, 6.45) is 5.98. The Morgan fingerprint density at radius 2 is 1.43 bits per heavy atom. The Kier molecular flexibility index (Phi) is 16.7. The number of hydrogen-bond donors (Lipinski definition) is 1. The van der Waals surface area contributed by atoms with E-state index in [1.165, 1.54) is 0 Å². The first-order chi connectivity index (χ1) is 16.5. The molecule has 0 radical (unpaired) electrons. The van der Waals surface area contributed by atoms with Crippen LogP contribution in [0.3, 0.4) is 0 Å². The molecule has 1 amide bonds. The van der Waals surface area contributed by atoms with E-state index in [-0.39, 0.29) is 43.5 Å². The number of carbonyl (C=O) groups is 5. The van der Waals surface area contributed by atoms with E-state index in [0.29, 0.717) is 57.7 Å². The van der Waals surface area contributed by atoms with Gasteiger partial charge in [0.2, 0.25) is 5.91 Å². The molecule has 0 aromatic carbocycles. The van der Waals surface area contributed by atoms with E-state index < -0.39 is 23.3 Å². The number of primary amides is 1. The summed E-state index contributed by atoms with van der Waals surface area (Å²) in [5.41, 5.74) is 4.75. The molecule has 0 saturated carbocycles. The fraction of sp³-hybridized carbons (Fsp3) is 0.808. The van der Waals surface area contributed by atoms with Crippen molar-refractivity contribution < 1.29 is 38.2 Å². The van der Waals surface area contributed by atoms with Crippen molar-refractivity contribution >= 4 is 30.1 Å². The third-order valence-corrected chi connectivity index (χ3v) is 6.36. The van der Waals surface area contributed by atoms with Crippen molar-refractivity contribution in [3.05, 3.63) is 0 Å². The van der Waals surface area contributed by atoms with Gasteiger partial charge in [-0.05, 0) is 45.4 Å². The number of carbonyl (C=O) groups excluding carboxylic acids is 5. The van der Waals surface area contributed by atoms with Crippen molar-refractivity contribution in [2.24, 2.45) is 28.9 Å². The molecule has 0 aromatic rings. The first kappa shape index (κ1) is 32.5. The zero-order valence-electron chi connectivity index (χ0n) is 22.1. The lowest BCUT2D eigenvalue weighted by molar-refractivity contribution is -0.157. The van der Waals surface area contributed by atoms with Crippen LogP contribution in [0.25, 0.3) is 0 Å². The van der Waals surface area contributed by atoms with Gasteiger partial charge < -0.3 is 19.9 Å². The van der Waals surface area contributed by atoms with Crippen LogP contribution in [0.5, 0.6) is 0 Å². The van der Waals surface area contributed by atoms with E-state index in [0.717, 1.165) is 6.42 Å². The number of amides is 1. The molecule has 2 N–H and O–H groups in total. The first-order valence-corrected chi connectivity index (χ1v) is 12.8. The van der Waals surface area contributed by atoms with Crippen LogP contribution in [0, 0.1) is 23.2 Å². The van der Waals surface area contributed by atoms with Gasteiger partial charge in [-0.25, -0.2) is 0 Å². The van der Waals surface area contributed by atoms with Crippen LogP contribution in [-0.2, 0) is 38.2 Å². The molecule has 0 rings (SSSR count). The van der Waals surface area contributed by atoms with Crippen LogP contribution in [0.1, 0.15) is 92.4 Å². The number of rotatable bonds is 20. The van der Waals surface area contributed by atoms with Crippen molar-refractivity contribution in [2.75, 3.05) is 19.8 Å². The summed E-state index contributed by atoms with van der Waals surface area (Å²) in [4.78, 5) is 58.9. The van der Waals surface area contributed by atoms with Crippen molar-refractivity contribution in [2.45, 2.75) is 92.4 Å². The van der Waals surface area contributed by atoms with Gasteiger partial charge in [0.1, 0.15) is 19.8 Å². The summed E-state index contributed by atoms with van der Waals surface area (Å²) < 4.78 is 15.4. The van der Waals surface area contributed by atoms with E-state index in [9.17, 15) is 24.0 Å². The van der Waals surface area contributed by atoms with Crippen LogP contribution in [0.15, 0.2) is 0 Å². The molecule has 0 heterocycles. The normalized spacial score (nSPS) is 14.5. The highest BCUT2D eigenvalue weighted by Gasteiger charge is 2.33. The molecule has 0 fully saturated rings. The monoisotopic (exact) mass is 499 g/mol. The highest BCUT2D eigenvalue weighted by Crippen LogP contribution is 2.32. The summed E-state index contributed by atoms with van der Waals surface area (Å²) in [5.74, 6) is -2.40. The first-order valence-electron chi connectivity index (χ1n) is 12.8. The lowest BCUT2D eigenvalue weighted by atomic mass is 9.81. The van der Waals surface area contributed by atoms with Crippen molar-refractivity contribution in [3.8, 4) is 0 Å². The molecule has 0 saturated heterocycles. The quantitative estimate of drug-likeness (QED) is 0.116. The van der Waals surface area contributed by atoms with E-state index in [1.807, 2.05) is 13.8 Å². The second kappa shape index (κ2) is 17.9. The van der Waals surface area contributed by atoms with Gasteiger partial charge in [0.25, 0.3) is 0 Å². The third kappa shape index (κ3) is 13.3. The Morgan fingerprint density at radius 1 is 0.857 bits per heavy atom. The Morgan fingerprint density at radius 3 is 1.94 bits per heavy atom. The van der Waals surface area contributed by atoms with Crippen LogP contribution in [0.2, 0.25) is 0 Å². The molecule has 35 heavy (non-hydrogen) atoms. The molecule has 9 nitrogen and oxygen atoms in total. The molecule has 3 unspecified atom stereocenters. The average Bonchev–Trinajstić information content (AvgIpc) is 2.82. The smallest absolute Gasteiger partial charge is 0.312 e. The van der Waals surface area contributed by atoms with Crippen LogP contribution < -0.4 is 5.73 Å². The van der Waals surface area contributed by atoms with Crippen LogP contribution in [-0.4, -0.2) is 49.9 Å². The highest BCUT2D eigenvalue weighted by molar-refractivity contribution is 5.78. The maximum absolute atomic E-state index is 12.8. The summed E-state index contributed by atoms with van der Waals surface area (Å²) in [6, 6.07) is 0. The molecule has 3 atom stereocenters. The number of hydrogen-bond acceptors (Lipinski definition) is 8. The minimum atomic E-state index is -0.749. The van der Waals surface area contributed by atoms with Gasteiger partial charge in [-0.2, -0.15) is 0 Å². The lowest BCUT2D eigenvalue weighted by Crippen LogP contribution is -2.30. The standard InChI is InChI=1S/C26H45NO8/c1-6-10-20(22(27)29)11-8-12-21(24(31)34-18-17-33-23(30)19(3)4)13-9-14-26(5,7-2)25(32)35-16-15-28/h15,19-21H,6-14,16-18H2,1-5H3,(H2,27,29). The molecule has 0 spiro atoms. The topological polar surface area (TPSA) is 139 Å². The van der Waals surface area contributed by atoms with Gasteiger partial charge in [-0.15, -0.1) is 0 Å². The fourth-order valence-electron chi connectivity index (χ4n) is 3.78. The summed E-state index contributed by atoms with van der Waals surface area (Å²) in [7, 11) is 0. The van der Waals surface area contributed by atoms with Gasteiger partial charge in [0.05, 0.1) is 17.3 Å². The van der Waals surface area contributed by atoms with E-state index in [4.69, 9.17) is 19.9 Å². The maximum Gasteiger partial charge on any atom is 0.312 e. The molecular formula is C26H45NO8. The van der Waals surface area contributed by atoms with Gasteiger partial charge in [-0.1, -0.05) is 47.0 Å². The van der Waals surface area contributed by atoms with Crippen molar-refractivity contribution in [1.29, 1.82) is 0 Å². The van der Waals surface area contributed by atoms with Crippen LogP contribution >= 0.6 is 0 Å². The number of nitrogens with two attached hydrogens (primary N) is 1. The minimum absolute atomic E-state index is 0.00774. The number of aldehydes is 1. The predicted octanol–water partition coefficient (Wildman–Crippen LogP) is 3.75. The molecule has 0 aliphatic carbocycles. The molecule has 0 aliphatic heterocycles. The van der Waals surface area contributed by atoms with Crippen LogP contribution in [0.4, 0.5) is 0 Å². The SMILES string of the molecule is CCCC(CCCC(CCCC(C)(CC)C(=O)OCC=O)C(=O)OCCOC(=O)C(C)C)C(N)=O. The van der Waals surface area contributed by atoms with Gasteiger partial charge in [0.15, 0.2) is 6.29 Å². The van der Waals surface area contributed by atoms with E-state index in [2.05, 4.69) is 0 Å². The summed E-state index contributed by atoms with van der Waals surface area (Å²) in [6.45, 7) is 8.80. The van der Waals surface area contributed by atoms with E-state index in [1.54, 1.807) is 20.8 Å². The predicted molar refractivity (Wildman–Crippen MR) is 131 cm³/mol. The average molecular weight is 500 g/mol. The van der Waals surface area contributed by atoms with E-state index >= 15 is 0 Å².